The molecule has 22 heavy (non-hydrogen) atoms. The third kappa shape index (κ3) is 4.74. The summed E-state index contributed by atoms with van der Waals surface area (Å²) in [6, 6.07) is 4.53. The standard InChI is InChI=1S/C14H24N2O4S.ClH/c1-5-14(6-2,10-15)16-21(17,18)13-8-11(19-3)7-12(9-13)20-4;/h7-9,16H,5-6,10,15H2,1-4H3;1H. The molecular formula is C14H25ClN2O4S. The predicted molar refractivity (Wildman–Crippen MR) is 89.5 cm³/mol. The van der Waals surface area contributed by atoms with Crippen molar-refractivity contribution < 1.29 is 17.9 Å². The van der Waals surface area contributed by atoms with Crippen LogP contribution in [-0.2, 0) is 10.0 Å². The fourth-order valence-corrected chi connectivity index (χ4v) is 3.61. The van der Waals surface area contributed by atoms with Crippen molar-refractivity contribution in [3.05, 3.63) is 18.2 Å². The first-order valence-corrected chi connectivity index (χ1v) is 8.31. The molecule has 6 nitrogen and oxygen atoms in total. The van der Waals surface area contributed by atoms with E-state index in [1.54, 1.807) is 6.07 Å². The molecule has 0 spiro atoms. The highest BCUT2D eigenvalue weighted by molar-refractivity contribution is 7.89. The number of nitrogens with one attached hydrogen (secondary N) is 1. The van der Waals surface area contributed by atoms with Crippen LogP contribution in [-0.4, -0.2) is 34.7 Å². The number of halogens is 1. The molecule has 0 amide bonds. The van der Waals surface area contributed by atoms with Gasteiger partial charge in [-0.15, -0.1) is 12.4 Å². The summed E-state index contributed by atoms with van der Waals surface area (Å²) in [5, 5.41) is 0. The molecule has 0 aliphatic rings. The lowest BCUT2D eigenvalue weighted by Crippen LogP contribution is -2.52. The Bertz CT molecular complexity index is 544. The van der Waals surface area contributed by atoms with Gasteiger partial charge in [-0.25, -0.2) is 13.1 Å². The summed E-state index contributed by atoms with van der Waals surface area (Å²) in [6.45, 7) is 4.05. The molecule has 0 unspecified atom stereocenters. The number of rotatable bonds is 8. The zero-order valence-electron chi connectivity index (χ0n) is 13.4. The number of benzene rings is 1. The van der Waals surface area contributed by atoms with Crippen LogP contribution in [0.4, 0.5) is 0 Å². The molecule has 8 heteroatoms. The Hall–Kier alpha value is -1.02. The number of sulfonamides is 1. The minimum absolute atomic E-state index is 0. The highest BCUT2D eigenvalue weighted by atomic mass is 35.5. The van der Waals surface area contributed by atoms with Crippen molar-refractivity contribution in [3.8, 4) is 11.5 Å². The van der Waals surface area contributed by atoms with Gasteiger partial charge in [-0.2, -0.15) is 0 Å². The zero-order chi connectivity index (χ0) is 16.1. The Morgan fingerprint density at radius 1 is 1.09 bits per heavy atom. The maximum absolute atomic E-state index is 12.6. The van der Waals surface area contributed by atoms with Gasteiger partial charge in [-0.1, -0.05) is 13.8 Å². The van der Waals surface area contributed by atoms with Gasteiger partial charge in [0.2, 0.25) is 10.0 Å². The van der Waals surface area contributed by atoms with Crippen molar-refractivity contribution in [1.29, 1.82) is 0 Å². The number of hydrogen-bond donors (Lipinski definition) is 2. The average molecular weight is 353 g/mol. The van der Waals surface area contributed by atoms with Crippen LogP contribution in [0.1, 0.15) is 26.7 Å². The summed E-state index contributed by atoms with van der Waals surface area (Å²) in [5.74, 6) is 0.835. The lowest BCUT2D eigenvalue weighted by Gasteiger charge is -2.31. The summed E-state index contributed by atoms with van der Waals surface area (Å²) >= 11 is 0. The molecule has 1 aromatic carbocycles. The molecule has 128 valence electrons. The molecule has 0 heterocycles. The maximum Gasteiger partial charge on any atom is 0.241 e. The second kappa shape index (κ2) is 8.57. The van der Waals surface area contributed by atoms with Gasteiger partial charge in [0, 0.05) is 30.3 Å². The van der Waals surface area contributed by atoms with E-state index in [2.05, 4.69) is 4.72 Å². The minimum atomic E-state index is -3.71. The van der Waals surface area contributed by atoms with E-state index in [1.807, 2.05) is 13.8 Å². The molecule has 1 rings (SSSR count). The number of methoxy groups -OCH3 is 2. The molecule has 0 aliphatic heterocycles. The first-order chi connectivity index (χ1) is 9.86. The quantitative estimate of drug-likeness (QED) is 0.746. The van der Waals surface area contributed by atoms with E-state index >= 15 is 0 Å². The molecule has 1 aromatic rings. The predicted octanol–water partition coefficient (Wildman–Crippen LogP) is 1.92. The second-order valence-electron chi connectivity index (χ2n) is 4.85. The molecule has 3 N–H and O–H groups in total. The van der Waals surface area contributed by atoms with Crippen LogP contribution in [0.25, 0.3) is 0 Å². The molecule has 0 aliphatic carbocycles. The Morgan fingerprint density at radius 2 is 1.55 bits per heavy atom. The largest absolute Gasteiger partial charge is 0.497 e. The van der Waals surface area contributed by atoms with Gasteiger partial charge in [0.05, 0.1) is 19.1 Å². The van der Waals surface area contributed by atoms with E-state index in [1.165, 1.54) is 26.4 Å². The van der Waals surface area contributed by atoms with Crippen molar-refractivity contribution in [2.45, 2.75) is 37.1 Å². The fourth-order valence-electron chi connectivity index (χ4n) is 2.01. The first kappa shape index (κ1) is 21.0. The van der Waals surface area contributed by atoms with Crippen LogP contribution >= 0.6 is 12.4 Å². The van der Waals surface area contributed by atoms with Crippen LogP contribution in [0.15, 0.2) is 23.1 Å². The Kier molecular flexibility index (Phi) is 8.17. The van der Waals surface area contributed by atoms with Crippen LogP contribution in [0.5, 0.6) is 11.5 Å². The summed E-state index contributed by atoms with van der Waals surface area (Å²) in [6.07, 6.45) is 1.22. The Balaban J connectivity index is 0.00000441. The summed E-state index contributed by atoms with van der Waals surface area (Å²) in [5.41, 5.74) is 5.11. The van der Waals surface area contributed by atoms with Gasteiger partial charge in [0.25, 0.3) is 0 Å². The van der Waals surface area contributed by atoms with Crippen LogP contribution in [0.3, 0.4) is 0 Å². The van der Waals surface area contributed by atoms with Gasteiger partial charge in [0.15, 0.2) is 0 Å². The lowest BCUT2D eigenvalue weighted by molar-refractivity contribution is 0.362. The first-order valence-electron chi connectivity index (χ1n) is 6.83. The van der Waals surface area contributed by atoms with Crippen molar-refractivity contribution in [1.82, 2.24) is 4.72 Å². The lowest BCUT2D eigenvalue weighted by atomic mass is 9.95. The van der Waals surface area contributed by atoms with Crippen molar-refractivity contribution >= 4 is 22.4 Å². The van der Waals surface area contributed by atoms with Crippen LogP contribution < -0.4 is 19.9 Å². The summed E-state index contributed by atoms with van der Waals surface area (Å²) in [7, 11) is -0.763. The highest BCUT2D eigenvalue weighted by Crippen LogP contribution is 2.27. The molecule has 0 fully saturated rings. The number of hydrogen-bond acceptors (Lipinski definition) is 5. The van der Waals surface area contributed by atoms with Crippen molar-refractivity contribution in [2.24, 2.45) is 5.73 Å². The van der Waals surface area contributed by atoms with Gasteiger partial charge < -0.3 is 15.2 Å². The molecule has 0 bridgehead atoms. The van der Waals surface area contributed by atoms with Gasteiger partial charge in [0.1, 0.15) is 11.5 Å². The highest BCUT2D eigenvalue weighted by Gasteiger charge is 2.31. The van der Waals surface area contributed by atoms with Gasteiger partial charge in [-0.05, 0) is 12.8 Å². The van der Waals surface area contributed by atoms with Crippen LogP contribution in [0.2, 0.25) is 0 Å². The molecule has 0 aromatic heterocycles. The van der Waals surface area contributed by atoms with E-state index < -0.39 is 15.6 Å². The van der Waals surface area contributed by atoms with Crippen LogP contribution in [0, 0.1) is 0 Å². The SMILES string of the molecule is CCC(CC)(CN)NS(=O)(=O)c1cc(OC)cc(OC)c1.Cl. The average Bonchev–Trinajstić information content (AvgIpc) is 2.52. The van der Waals surface area contributed by atoms with Crippen molar-refractivity contribution in [2.75, 3.05) is 20.8 Å². The third-order valence-electron chi connectivity index (χ3n) is 3.73. The van der Waals surface area contributed by atoms with E-state index in [4.69, 9.17) is 15.2 Å². The molecule has 0 radical (unpaired) electrons. The maximum atomic E-state index is 12.6. The summed E-state index contributed by atoms with van der Waals surface area (Å²) < 4.78 is 38.1. The second-order valence-corrected chi connectivity index (χ2v) is 6.53. The third-order valence-corrected chi connectivity index (χ3v) is 5.29. The Labute approximate surface area is 138 Å². The van der Waals surface area contributed by atoms with Gasteiger partial charge >= 0.3 is 0 Å². The van der Waals surface area contributed by atoms with E-state index in [9.17, 15) is 8.42 Å². The van der Waals surface area contributed by atoms with Gasteiger partial charge in [-0.3, -0.25) is 0 Å². The van der Waals surface area contributed by atoms with E-state index in [0.717, 1.165) is 0 Å². The fraction of sp³-hybridized carbons (Fsp3) is 0.571. The number of ether oxygens (including phenoxy) is 2. The molecule has 0 atom stereocenters. The topological polar surface area (TPSA) is 90.7 Å². The molecule has 0 saturated heterocycles. The Morgan fingerprint density at radius 3 is 1.86 bits per heavy atom. The molecular weight excluding hydrogens is 328 g/mol. The molecule has 0 saturated carbocycles. The summed E-state index contributed by atoms with van der Waals surface area (Å²) in [4.78, 5) is 0.0958. The van der Waals surface area contributed by atoms with Crippen molar-refractivity contribution in [3.63, 3.8) is 0 Å². The monoisotopic (exact) mass is 352 g/mol. The van der Waals surface area contributed by atoms with E-state index in [-0.39, 0.29) is 23.8 Å². The van der Waals surface area contributed by atoms with E-state index in [0.29, 0.717) is 24.3 Å². The zero-order valence-corrected chi connectivity index (χ0v) is 15.0. The normalized spacial score (nSPS) is 11.7. The smallest absolute Gasteiger partial charge is 0.241 e. The number of nitrogens with two attached hydrogens (primary N) is 1. The minimum Gasteiger partial charge on any atom is -0.497 e.